The predicted octanol–water partition coefficient (Wildman–Crippen LogP) is 6.92. The minimum Gasteiger partial charge on any atom is -0.358 e. The third-order valence-electron chi connectivity index (χ3n) is 7.05. The van der Waals surface area contributed by atoms with Gasteiger partial charge >= 0.3 is 17.1 Å². The van der Waals surface area contributed by atoms with Crippen LogP contribution in [0.2, 0.25) is 0 Å². The summed E-state index contributed by atoms with van der Waals surface area (Å²) in [5.41, 5.74) is 5.59. The molecular weight excluding hydrogens is 560 g/mol. The standard InChI is InChI=1S/C32H40N8.Cu/c1-29(2,3)17-13-21-33-22-14-19(31(7,8)9)27(35-22)40-28-20(32(10,11)12)16-24(39-28)38-26-18(30(4,5)6)15-23(37-26)36-25(17)34-21;/h13-16H,1-12H3;/q-2;+2. The molecule has 0 amide bonds. The monoisotopic (exact) mass is 599 g/mol. The van der Waals surface area contributed by atoms with E-state index in [1.54, 1.807) is 0 Å². The van der Waals surface area contributed by atoms with E-state index in [1.165, 1.54) is 0 Å². The summed E-state index contributed by atoms with van der Waals surface area (Å²) in [4.78, 5) is 39.2. The van der Waals surface area contributed by atoms with E-state index in [0.717, 1.165) is 22.3 Å². The van der Waals surface area contributed by atoms with Gasteiger partial charge in [0.1, 0.15) is 0 Å². The molecule has 5 rings (SSSR count). The van der Waals surface area contributed by atoms with Crippen LogP contribution in [0, 0.1) is 10.8 Å². The van der Waals surface area contributed by atoms with E-state index in [0.29, 0.717) is 45.9 Å². The van der Waals surface area contributed by atoms with Crippen LogP contribution in [0.15, 0.2) is 12.1 Å². The Morgan fingerprint density at radius 2 is 0.854 bits per heavy atom. The largest absolute Gasteiger partial charge is 2.00 e. The number of aromatic nitrogens is 8. The average Bonchev–Trinajstić information content (AvgIpc) is 3.53. The summed E-state index contributed by atoms with van der Waals surface area (Å²) >= 11 is 0. The Morgan fingerprint density at radius 3 is 1.29 bits per heavy atom. The van der Waals surface area contributed by atoms with Crippen molar-refractivity contribution in [1.29, 1.82) is 0 Å². The Hall–Kier alpha value is -3.16. The second-order valence-corrected chi connectivity index (χ2v) is 14.9. The van der Waals surface area contributed by atoms with Crippen molar-refractivity contribution in [2.45, 2.75) is 93.9 Å². The number of fused-ring (bicyclic) bond motifs is 8. The zero-order valence-electron chi connectivity index (χ0n) is 26.2. The Labute approximate surface area is 253 Å². The van der Waals surface area contributed by atoms with Crippen molar-refractivity contribution in [3.8, 4) is 0 Å². The molecule has 1 radical (unpaired) electrons. The van der Waals surface area contributed by atoms with Crippen LogP contribution >= 0.6 is 0 Å². The van der Waals surface area contributed by atoms with Crippen LogP contribution in [0.1, 0.15) is 118 Å². The van der Waals surface area contributed by atoms with Crippen LogP contribution in [-0.2, 0) is 27.9 Å². The van der Waals surface area contributed by atoms with Gasteiger partial charge < -0.3 is 29.9 Å². The van der Waals surface area contributed by atoms with E-state index < -0.39 is 0 Å². The summed E-state index contributed by atoms with van der Waals surface area (Å²) in [6.45, 7) is 25.8. The molecule has 41 heavy (non-hydrogen) atoms. The fraction of sp³-hybridized carbons (Fsp3) is 0.500. The van der Waals surface area contributed by atoms with Crippen LogP contribution < -0.4 is 9.97 Å². The Kier molecular flexibility index (Phi) is 7.50. The third kappa shape index (κ3) is 6.21. The Balaban J connectivity index is 0.00000387. The van der Waals surface area contributed by atoms with E-state index >= 15 is 0 Å². The Bertz CT molecular complexity index is 1730. The minimum atomic E-state index is -0.199. The van der Waals surface area contributed by atoms with Gasteiger partial charge in [-0.25, -0.2) is 9.97 Å². The van der Waals surface area contributed by atoms with Gasteiger partial charge in [0.2, 0.25) is 0 Å². The molecule has 0 fully saturated rings. The van der Waals surface area contributed by atoms with E-state index in [1.807, 2.05) is 24.3 Å². The van der Waals surface area contributed by atoms with Crippen molar-refractivity contribution in [2.75, 3.05) is 0 Å². The van der Waals surface area contributed by atoms with E-state index in [9.17, 15) is 0 Å². The first-order valence-corrected chi connectivity index (χ1v) is 13.9. The zero-order chi connectivity index (χ0) is 29.4. The van der Waals surface area contributed by atoms with Crippen molar-refractivity contribution in [1.82, 2.24) is 39.9 Å². The molecule has 0 aliphatic carbocycles. The summed E-state index contributed by atoms with van der Waals surface area (Å²) in [6.07, 6.45) is 4.02. The molecule has 2 aliphatic rings. The first-order valence-electron chi connectivity index (χ1n) is 13.9. The second-order valence-electron chi connectivity index (χ2n) is 14.9. The maximum Gasteiger partial charge on any atom is 2.00 e. The summed E-state index contributed by atoms with van der Waals surface area (Å²) in [5, 5.41) is 0. The van der Waals surface area contributed by atoms with Gasteiger partial charge in [-0.2, -0.15) is 0 Å². The quantitative estimate of drug-likeness (QED) is 0.256. The molecule has 3 aromatic heterocycles. The fourth-order valence-corrected chi connectivity index (χ4v) is 4.79. The molecule has 9 heteroatoms. The zero-order valence-corrected chi connectivity index (χ0v) is 27.1. The average molecular weight is 600 g/mol. The summed E-state index contributed by atoms with van der Waals surface area (Å²) < 4.78 is 0. The SMILES string of the molecule is CC(C)(C)C1=Cc2nc1nc1cc(C(C)(C)C)c(nc3nc(nc4[n-]c(cc4C(C)(C)C)n2)C(C(C)(C)C)=C3)[n-]1.[Cu+2]. The molecule has 0 saturated carbocycles. The van der Waals surface area contributed by atoms with Crippen molar-refractivity contribution in [2.24, 2.45) is 10.8 Å². The molecule has 3 aromatic rings. The van der Waals surface area contributed by atoms with Gasteiger partial charge in [-0.05, 0) is 68.2 Å². The summed E-state index contributed by atoms with van der Waals surface area (Å²) in [5.74, 6) is 2.37. The predicted molar refractivity (Wildman–Crippen MR) is 162 cm³/mol. The number of hydrogen-bond donors (Lipinski definition) is 0. The molecule has 0 saturated heterocycles. The van der Waals surface area contributed by atoms with Crippen molar-refractivity contribution in [3.05, 3.63) is 46.6 Å². The van der Waals surface area contributed by atoms with Crippen LogP contribution in [0.25, 0.3) is 45.9 Å². The minimum absolute atomic E-state index is 0. The molecule has 8 nitrogen and oxygen atoms in total. The van der Waals surface area contributed by atoms with Gasteiger partial charge in [0.25, 0.3) is 0 Å². The normalized spacial score (nSPS) is 14.4. The van der Waals surface area contributed by atoms with Crippen LogP contribution in [0.4, 0.5) is 0 Å². The number of rotatable bonds is 0. The van der Waals surface area contributed by atoms with Gasteiger partial charge in [-0.1, -0.05) is 83.1 Å². The van der Waals surface area contributed by atoms with Crippen molar-refractivity contribution >= 4 is 45.9 Å². The van der Waals surface area contributed by atoms with E-state index in [-0.39, 0.29) is 38.7 Å². The Morgan fingerprint density at radius 1 is 0.463 bits per heavy atom. The van der Waals surface area contributed by atoms with Gasteiger partial charge in [-0.15, -0.1) is 0 Å². The molecule has 2 aliphatic heterocycles. The molecule has 8 bridgehead atoms. The molecule has 0 aromatic carbocycles. The van der Waals surface area contributed by atoms with Gasteiger partial charge in [0, 0.05) is 22.6 Å². The van der Waals surface area contributed by atoms with E-state index in [2.05, 4.69) is 83.1 Å². The van der Waals surface area contributed by atoms with E-state index in [4.69, 9.17) is 39.9 Å². The third-order valence-corrected chi connectivity index (χ3v) is 7.05. The van der Waals surface area contributed by atoms with Gasteiger partial charge in [-0.3, -0.25) is 0 Å². The molecule has 5 heterocycles. The summed E-state index contributed by atoms with van der Waals surface area (Å²) in [6, 6.07) is 4.01. The summed E-state index contributed by atoms with van der Waals surface area (Å²) in [7, 11) is 0. The van der Waals surface area contributed by atoms with Crippen molar-refractivity contribution < 1.29 is 17.1 Å². The van der Waals surface area contributed by atoms with Crippen LogP contribution in [0.3, 0.4) is 0 Å². The first kappa shape index (κ1) is 30.8. The van der Waals surface area contributed by atoms with Crippen LogP contribution in [0.5, 0.6) is 0 Å². The maximum absolute atomic E-state index is 5.03. The molecule has 0 spiro atoms. The smallest absolute Gasteiger partial charge is 0.358 e. The number of hydrogen-bond acceptors (Lipinski definition) is 6. The van der Waals surface area contributed by atoms with Crippen LogP contribution in [-0.4, -0.2) is 29.9 Å². The maximum atomic E-state index is 5.03. The van der Waals surface area contributed by atoms with Crippen molar-refractivity contribution in [3.63, 3.8) is 0 Å². The molecular formula is C32H40CuN8. The number of allylic oxidation sites excluding steroid dienone is 2. The molecule has 0 atom stereocenters. The molecule has 0 unspecified atom stereocenters. The first-order chi connectivity index (χ1) is 18.3. The molecule has 219 valence electrons. The molecule has 0 N–H and O–H groups in total. The van der Waals surface area contributed by atoms with Gasteiger partial charge in [0.15, 0.2) is 0 Å². The second kappa shape index (κ2) is 9.99. The van der Waals surface area contributed by atoms with Gasteiger partial charge in [0.05, 0.1) is 23.3 Å². The topological polar surface area (TPSA) is 106 Å². The number of nitrogens with zero attached hydrogens (tertiary/aromatic N) is 8. The fourth-order valence-electron chi connectivity index (χ4n) is 4.79.